The van der Waals surface area contributed by atoms with Gasteiger partial charge in [-0.15, -0.1) is 0 Å². The summed E-state index contributed by atoms with van der Waals surface area (Å²) in [6.07, 6.45) is 75.0. The lowest BCUT2D eigenvalue weighted by Gasteiger charge is -2.62. The second-order valence-electron chi connectivity index (χ2n) is 29.7. The molecule has 0 heteroatoms. The van der Waals surface area contributed by atoms with Gasteiger partial charge in [-0.1, -0.05) is 156 Å². The Balaban J connectivity index is 0.000000172. The summed E-state index contributed by atoms with van der Waals surface area (Å²) in [5.74, 6) is 13.2. The van der Waals surface area contributed by atoms with Gasteiger partial charge in [0, 0.05) is 0 Å². The molecular weight excluding hydrogens is 817 g/mol. The van der Waals surface area contributed by atoms with Crippen molar-refractivity contribution in [3.63, 3.8) is 0 Å². The summed E-state index contributed by atoms with van der Waals surface area (Å²) >= 11 is 0. The summed E-state index contributed by atoms with van der Waals surface area (Å²) in [7, 11) is 0. The van der Waals surface area contributed by atoms with Crippen LogP contribution in [0.5, 0.6) is 0 Å². The molecule has 10 fully saturated rings. The van der Waals surface area contributed by atoms with Gasteiger partial charge in [0.15, 0.2) is 0 Å². The number of hydrogen-bond acceptors (Lipinski definition) is 0. The van der Waals surface area contributed by atoms with Crippen molar-refractivity contribution in [2.45, 2.75) is 336 Å². The van der Waals surface area contributed by atoms with Gasteiger partial charge in [0.05, 0.1) is 0 Å². The molecule has 0 N–H and O–H groups in total. The van der Waals surface area contributed by atoms with E-state index < -0.39 is 0 Å². The van der Waals surface area contributed by atoms with Crippen LogP contribution in [0.3, 0.4) is 0 Å². The highest BCUT2D eigenvalue weighted by Gasteiger charge is 2.57. The van der Waals surface area contributed by atoms with Gasteiger partial charge in [0.1, 0.15) is 0 Å². The van der Waals surface area contributed by atoms with Crippen LogP contribution in [0.15, 0.2) is 0 Å². The third-order valence-electron chi connectivity index (χ3n) is 25.5. The summed E-state index contributed by atoms with van der Waals surface area (Å²) in [6.45, 7) is 9.50. The Labute approximate surface area is 426 Å². The minimum absolute atomic E-state index is 0.816. The third-order valence-corrected chi connectivity index (χ3v) is 25.5. The van der Waals surface area contributed by atoms with Crippen LogP contribution in [0, 0.1) is 92.7 Å². The summed E-state index contributed by atoms with van der Waals surface area (Å²) in [5.41, 5.74) is 3.28. The Morgan fingerprint density at radius 3 is 0.765 bits per heavy atom. The molecule has 0 unspecified atom stereocenters. The van der Waals surface area contributed by atoms with Gasteiger partial charge >= 0.3 is 0 Å². The highest BCUT2D eigenvalue weighted by Crippen LogP contribution is 2.69. The summed E-state index contributed by atoms with van der Waals surface area (Å²) in [6, 6.07) is 0. The Morgan fingerprint density at radius 1 is 0.235 bits per heavy atom. The minimum atomic E-state index is 0.816. The zero-order valence-electron chi connectivity index (χ0n) is 46.9. The van der Waals surface area contributed by atoms with E-state index in [0.717, 1.165) is 92.7 Å². The maximum Gasteiger partial charge on any atom is -0.0287 e. The molecule has 0 saturated heterocycles. The van der Waals surface area contributed by atoms with Crippen LogP contribution in [0.25, 0.3) is 0 Å². The van der Waals surface area contributed by atoms with E-state index in [1.165, 1.54) is 70.6 Å². The molecule has 4 spiro atoms. The van der Waals surface area contributed by atoms with E-state index in [1.807, 2.05) is 0 Å². The molecule has 10 saturated carbocycles. The number of unbranched alkanes of at least 4 members (excludes halogenated alkanes) is 5. The largest absolute Gasteiger partial charge is 0.0654 e. The Kier molecular flexibility index (Phi) is 19.4. The first-order valence-electron chi connectivity index (χ1n) is 33.2. The first-order valence-corrected chi connectivity index (χ1v) is 33.2. The maximum absolute atomic E-state index is 2.41. The molecule has 10 aliphatic rings. The van der Waals surface area contributed by atoms with Crippen molar-refractivity contribution in [2.75, 3.05) is 0 Å². The van der Waals surface area contributed by atoms with Crippen LogP contribution < -0.4 is 0 Å². The lowest BCUT2D eigenvalue weighted by molar-refractivity contribution is -0.109. The van der Waals surface area contributed by atoms with Crippen molar-refractivity contribution in [3.8, 4) is 0 Å². The lowest BCUT2D eigenvalue weighted by atomic mass is 9.43. The van der Waals surface area contributed by atoms with Crippen molar-refractivity contribution in [1.82, 2.24) is 0 Å². The number of hydrogen-bond donors (Lipinski definition) is 0. The smallest absolute Gasteiger partial charge is 0.0287 e. The van der Waals surface area contributed by atoms with Crippen LogP contribution in [-0.2, 0) is 0 Å². The van der Waals surface area contributed by atoms with E-state index >= 15 is 0 Å². The zero-order chi connectivity index (χ0) is 46.9. The average molecular weight is 938 g/mol. The molecule has 0 bridgehead atoms. The van der Waals surface area contributed by atoms with E-state index in [2.05, 4.69) is 27.7 Å². The molecule has 0 heterocycles. The van der Waals surface area contributed by atoms with Crippen LogP contribution in [0.4, 0.5) is 0 Å². The summed E-state index contributed by atoms with van der Waals surface area (Å²) in [4.78, 5) is 0. The molecule has 68 heavy (non-hydrogen) atoms. The molecule has 0 aromatic heterocycles. The molecular formula is C68H120. The van der Waals surface area contributed by atoms with Gasteiger partial charge in [-0.25, -0.2) is 0 Å². The zero-order valence-corrected chi connectivity index (χ0v) is 46.9. The molecule has 0 atom stereocenters. The summed E-state index contributed by atoms with van der Waals surface area (Å²) < 4.78 is 0. The molecule has 10 rings (SSSR count). The Hall–Kier alpha value is 0. The molecule has 392 valence electrons. The normalized spacial score (nSPS) is 45.4. The SMILES string of the molecule is CCCCCCCC[C@H]1CC[C@H](C2CCC3(CC2)CC2(CCC([C@H]4CC[C@H](CCC)CC4)CC2)C3)CC1.CCC[C@H]1CC[C@H](C2CCC3(CC2)CC2(CCC([C@H]4CC[C@H](CC)CC4)CC2)C3)CC1. The summed E-state index contributed by atoms with van der Waals surface area (Å²) in [5, 5.41) is 0. The van der Waals surface area contributed by atoms with Gasteiger partial charge < -0.3 is 0 Å². The van der Waals surface area contributed by atoms with Crippen molar-refractivity contribution >= 4 is 0 Å². The molecule has 0 aromatic rings. The predicted molar refractivity (Wildman–Crippen MR) is 296 cm³/mol. The van der Waals surface area contributed by atoms with Crippen LogP contribution in [0.1, 0.15) is 336 Å². The molecule has 10 aliphatic carbocycles. The second-order valence-corrected chi connectivity index (χ2v) is 29.7. The molecule has 0 radical (unpaired) electrons. The first-order chi connectivity index (χ1) is 33.2. The van der Waals surface area contributed by atoms with Crippen molar-refractivity contribution in [1.29, 1.82) is 0 Å². The lowest BCUT2D eigenvalue weighted by Crippen LogP contribution is -2.50. The minimum Gasteiger partial charge on any atom is -0.0654 e. The topological polar surface area (TPSA) is 0 Å². The molecule has 0 aliphatic heterocycles. The van der Waals surface area contributed by atoms with E-state index in [1.54, 1.807) is 238 Å². The van der Waals surface area contributed by atoms with E-state index in [-0.39, 0.29) is 0 Å². The van der Waals surface area contributed by atoms with Gasteiger partial charge in [-0.2, -0.15) is 0 Å². The fourth-order valence-electron chi connectivity index (χ4n) is 21.3. The maximum atomic E-state index is 2.41. The fraction of sp³-hybridized carbons (Fsp3) is 1.00. The van der Waals surface area contributed by atoms with Crippen molar-refractivity contribution in [3.05, 3.63) is 0 Å². The fourth-order valence-corrected chi connectivity index (χ4v) is 21.3. The van der Waals surface area contributed by atoms with Crippen LogP contribution in [0.2, 0.25) is 0 Å². The highest BCUT2D eigenvalue weighted by molar-refractivity contribution is 5.08. The monoisotopic (exact) mass is 937 g/mol. The van der Waals surface area contributed by atoms with E-state index in [0.29, 0.717) is 0 Å². The Morgan fingerprint density at radius 2 is 0.485 bits per heavy atom. The Bertz CT molecular complexity index is 1370. The van der Waals surface area contributed by atoms with Crippen LogP contribution in [-0.4, -0.2) is 0 Å². The van der Waals surface area contributed by atoms with Crippen molar-refractivity contribution in [2.24, 2.45) is 92.7 Å². The quantitative estimate of drug-likeness (QED) is 0.135. The van der Waals surface area contributed by atoms with Gasteiger partial charge in [-0.05, 0) is 272 Å². The van der Waals surface area contributed by atoms with Gasteiger partial charge in [-0.3, -0.25) is 0 Å². The van der Waals surface area contributed by atoms with Crippen molar-refractivity contribution < 1.29 is 0 Å². The third kappa shape index (κ3) is 13.4. The number of rotatable bonds is 16. The van der Waals surface area contributed by atoms with E-state index in [4.69, 9.17) is 0 Å². The van der Waals surface area contributed by atoms with Gasteiger partial charge in [0.25, 0.3) is 0 Å². The second kappa shape index (κ2) is 25.0. The molecule has 0 nitrogen and oxygen atoms in total. The van der Waals surface area contributed by atoms with Crippen LogP contribution >= 0.6 is 0 Å². The van der Waals surface area contributed by atoms with E-state index in [9.17, 15) is 0 Å². The predicted octanol–water partition coefficient (Wildman–Crippen LogP) is 22.3. The molecule has 0 amide bonds. The average Bonchev–Trinajstić information content (AvgIpc) is 3.36. The van der Waals surface area contributed by atoms with Gasteiger partial charge in [0.2, 0.25) is 0 Å². The first kappa shape index (κ1) is 52.8. The highest BCUT2D eigenvalue weighted by atomic mass is 14.6. The molecule has 0 aromatic carbocycles. The standard InChI is InChI=1S/C37H66.C31H54/c1-3-5-6-7-8-9-11-31-14-18-33(19-15-31)35-22-26-37(27-23-35)28-36(29-37)24-20-34(21-25-36)32-16-12-30(10-4-2)13-17-32;1-3-5-25-8-12-27(13-9-25)29-16-20-31(21-17-29)22-30(23-31)18-14-28(15-19-30)26-10-6-24(4-2)7-11-26/h30-35H,3-29H2,1-2H3;24-29H,3-23H2,1-2H3/t30-,31-,32-,33-,34?,35?,36?,37?;24-,25-,26-,27-,28?,29?,30?,31?.